The van der Waals surface area contributed by atoms with Gasteiger partial charge in [0.25, 0.3) is 5.91 Å². The summed E-state index contributed by atoms with van der Waals surface area (Å²) in [5, 5.41) is 12.1. The van der Waals surface area contributed by atoms with Gasteiger partial charge in [-0.05, 0) is 63.1 Å². The molecule has 1 heterocycles. The maximum atomic E-state index is 14.2. The van der Waals surface area contributed by atoms with Crippen LogP contribution in [0.25, 0.3) is 0 Å². The smallest absolute Gasteiger partial charge is 0.306 e. The molecular formula is C33H37BrN2O6. The van der Waals surface area contributed by atoms with Gasteiger partial charge in [0.15, 0.2) is 11.6 Å². The first-order valence-corrected chi connectivity index (χ1v) is 14.8. The van der Waals surface area contributed by atoms with Gasteiger partial charge in [-0.3, -0.25) is 9.59 Å². The highest BCUT2D eigenvalue weighted by Gasteiger charge is 2.53. The molecule has 0 saturated carbocycles. The number of carbonyl (C=O) groups excluding carboxylic acids is 2. The minimum Gasteiger partial charge on any atom is -0.494 e. The Morgan fingerprint density at radius 3 is 2.38 bits per heavy atom. The molecule has 2 N–H and O–H groups in total. The lowest BCUT2D eigenvalue weighted by molar-refractivity contribution is -0.155. The summed E-state index contributed by atoms with van der Waals surface area (Å²) in [6, 6.07) is 24.4. The fourth-order valence-electron chi connectivity index (χ4n) is 4.65. The molecule has 1 amide bonds. The second kappa shape index (κ2) is 14.0. The number of amides is 1. The molecule has 42 heavy (non-hydrogen) atoms. The summed E-state index contributed by atoms with van der Waals surface area (Å²) in [5.74, 6) is 0.160. The number of aliphatic imine (C=N–C) groups is 1. The normalized spacial score (nSPS) is 18.1. The molecule has 0 unspecified atom stereocenters. The Labute approximate surface area is 255 Å². The number of aliphatic hydroxyl groups is 1. The van der Waals surface area contributed by atoms with Crippen LogP contribution in [0.1, 0.15) is 62.8 Å². The fourth-order valence-corrected chi connectivity index (χ4v) is 5.14. The molecule has 0 spiro atoms. The van der Waals surface area contributed by atoms with E-state index in [4.69, 9.17) is 24.3 Å². The highest BCUT2D eigenvalue weighted by Crippen LogP contribution is 2.45. The van der Waals surface area contributed by atoms with Crippen molar-refractivity contribution in [2.24, 2.45) is 4.99 Å². The van der Waals surface area contributed by atoms with Gasteiger partial charge in [-0.2, -0.15) is 0 Å². The molecule has 222 valence electrons. The predicted octanol–water partition coefficient (Wildman–Crippen LogP) is 5.91. The number of hydrogen-bond acceptors (Lipinski definition) is 7. The molecular weight excluding hydrogens is 600 g/mol. The van der Waals surface area contributed by atoms with Crippen LogP contribution in [0.3, 0.4) is 0 Å². The van der Waals surface area contributed by atoms with Gasteiger partial charge in [0.2, 0.25) is 5.90 Å². The zero-order chi connectivity index (χ0) is 30.2. The van der Waals surface area contributed by atoms with Crippen molar-refractivity contribution in [2.75, 3.05) is 13.2 Å². The molecule has 1 aliphatic heterocycles. The lowest BCUT2D eigenvalue weighted by atomic mass is 9.83. The second-order valence-electron chi connectivity index (χ2n) is 11.1. The van der Waals surface area contributed by atoms with E-state index >= 15 is 0 Å². The van der Waals surface area contributed by atoms with Crippen LogP contribution in [-0.4, -0.2) is 47.2 Å². The van der Waals surface area contributed by atoms with Crippen LogP contribution in [0.2, 0.25) is 0 Å². The van der Waals surface area contributed by atoms with Crippen molar-refractivity contribution >= 4 is 33.7 Å². The van der Waals surface area contributed by atoms with Crippen LogP contribution < -0.4 is 10.1 Å². The molecule has 2 atom stereocenters. The van der Waals surface area contributed by atoms with E-state index in [0.717, 1.165) is 15.6 Å². The van der Waals surface area contributed by atoms with Gasteiger partial charge in [-0.1, -0.05) is 64.5 Å². The number of ether oxygens (including phenoxy) is 3. The fraction of sp³-hybridized carbons (Fsp3) is 0.364. The highest BCUT2D eigenvalue weighted by molar-refractivity contribution is 9.10. The van der Waals surface area contributed by atoms with Gasteiger partial charge in [0.05, 0.1) is 6.61 Å². The van der Waals surface area contributed by atoms with Crippen LogP contribution >= 0.6 is 15.9 Å². The summed E-state index contributed by atoms with van der Waals surface area (Å²) in [6.45, 7) is 6.17. The van der Waals surface area contributed by atoms with E-state index in [1.807, 2.05) is 87.5 Å². The number of nitrogens with one attached hydrogen (secondary N) is 1. The number of aliphatic hydroxyl groups excluding tert-OH is 1. The van der Waals surface area contributed by atoms with Gasteiger partial charge < -0.3 is 24.6 Å². The van der Waals surface area contributed by atoms with E-state index in [2.05, 4.69) is 21.2 Å². The average molecular weight is 638 g/mol. The minimum atomic E-state index is -1.46. The van der Waals surface area contributed by atoms with Gasteiger partial charge in [-0.25, -0.2) is 4.99 Å². The second-order valence-corrected chi connectivity index (χ2v) is 11.9. The van der Waals surface area contributed by atoms with Crippen molar-refractivity contribution in [1.82, 2.24) is 5.32 Å². The Balaban J connectivity index is 1.72. The summed E-state index contributed by atoms with van der Waals surface area (Å²) in [5.41, 5.74) is 0.214. The Hall–Kier alpha value is -3.69. The van der Waals surface area contributed by atoms with Gasteiger partial charge in [-0.15, -0.1) is 0 Å². The van der Waals surface area contributed by atoms with E-state index in [0.29, 0.717) is 30.9 Å². The quantitative estimate of drug-likeness (QED) is 0.189. The molecule has 0 aromatic heterocycles. The van der Waals surface area contributed by atoms with Crippen molar-refractivity contribution in [1.29, 1.82) is 0 Å². The molecule has 3 aromatic carbocycles. The predicted molar refractivity (Wildman–Crippen MR) is 164 cm³/mol. The van der Waals surface area contributed by atoms with Crippen LogP contribution in [0, 0.1) is 0 Å². The molecule has 0 radical (unpaired) electrons. The van der Waals surface area contributed by atoms with Gasteiger partial charge >= 0.3 is 5.97 Å². The van der Waals surface area contributed by atoms with E-state index in [1.165, 1.54) is 0 Å². The number of carbonyl (C=O) groups is 2. The SMILES string of the molecule is CC(C)(C)OC(=O)CC[C@@]1(C(=O)NCc2ccccc2)N=C(c2ccc(OCCCO)cc2)O[C@@H]1c1ccccc1Br. The average Bonchev–Trinajstić information content (AvgIpc) is 3.36. The molecule has 0 fully saturated rings. The van der Waals surface area contributed by atoms with Crippen molar-refractivity contribution in [3.8, 4) is 5.75 Å². The summed E-state index contributed by atoms with van der Waals surface area (Å²) < 4.78 is 18.5. The highest BCUT2D eigenvalue weighted by atomic mass is 79.9. The molecule has 0 aliphatic carbocycles. The van der Waals surface area contributed by atoms with E-state index < -0.39 is 23.2 Å². The van der Waals surface area contributed by atoms with Crippen molar-refractivity contribution < 1.29 is 28.9 Å². The molecule has 8 nitrogen and oxygen atoms in total. The minimum absolute atomic E-state index is 0.0330. The molecule has 0 saturated heterocycles. The summed E-state index contributed by atoms with van der Waals surface area (Å²) in [4.78, 5) is 32.0. The first-order valence-electron chi connectivity index (χ1n) is 14.0. The third-order valence-electron chi connectivity index (χ3n) is 6.64. The number of rotatable bonds is 12. The van der Waals surface area contributed by atoms with Crippen LogP contribution in [0.4, 0.5) is 0 Å². The first kappa shape index (κ1) is 31.3. The number of benzene rings is 3. The number of esters is 1. The zero-order valence-electron chi connectivity index (χ0n) is 24.1. The number of nitrogens with zero attached hydrogens (tertiary/aromatic N) is 1. The summed E-state index contributed by atoms with van der Waals surface area (Å²) in [6.07, 6.45) is -0.250. The van der Waals surface area contributed by atoms with Gasteiger partial charge in [0.1, 0.15) is 11.4 Å². The van der Waals surface area contributed by atoms with Crippen molar-refractivity contribution in [3.05, 3.63) is 100 Å². The molecule has 1 aliphatic rings. The van der Waals surface area contributed by atoms with Crippen LogP contribution in [0.5, 0.6) is 5.75 Å². The summed E-state index contributed by atoms with van der Waals surface area (Å²) >= 11 is 3.63. The maximum Gasteiger partial charge on any atom is 0.306 e. The number of hydrogen-bond donors (Lipinski definition) is 2. The maximum absolute atomic E-state index is 14.2. The third-order valence-corrected chi connectivity index (χ3v) is 7.37. The lowest BCUT2D eigenvalue weighted by Crippen LogP contribution is -2.48. The topological polar surface area (TPSA) is 106 Å². The van der Waals surface area contributed by atoms with E-state index in [9.17, 15) is 9.59 Å². The van der Waals surface area contributed by atoms with Gasteiger partial charge in [0, 0.05) is 41.6 Å². The standard InChI is InChI=1S/C33H37BrN2O6/c1-32(2,3)42-28(38)18-19-33(31(39)35-22-23-10-5-4-6-11-23)29(26-12-7-8-13-27(26)34)41-30(36-33)24-14-16-25(17-15-24)40-21-9-20-37/h4-8,10-17,29,37H,9,18-22H2,1-3H3,(H,35,39)/t29-,33-/m1/s1. The molecule has 3 aromatic rings. The van der Waals surface area contributed by atoms with Crippen molar-refractivity contribution in [3.63, 3.8) is 0 Å². The molecule has 0 bridgehead atoms. The Morgan fingerprint density at radius 2 is 1.71 bits per heavy atom. The van der Waals surface area contributed by atoms with E-state index in [-0.39, 0.29) is 31.3 Å². The largest absolute Gasteiger partial charge is 0.494 e. The Bertz CT molecular complexity index is 1390. The van der Waals surface area contributed by atoms with E-state index in [1.54, 1.807) is 12.1 Å². The monoisotopic (exact) mass is 636 g/mol. The summed E-state index contributed by atoms with van der Waals surface area (Å²) in [7, 11) is 0. The van der Waals surface area contributed by atoms with Crippen LogP contribution in [0.15, 0.2) is 88.3 Å². The molecule has 9 heteroatoms. The number of halogens is 1. The van der Waals surface area contributed by atoms with Crippen molar-refractivity contribution in [2.45, 2.75) is 63.8 Å². The lowest BCUT2D eigenvalue weighted by Gasteiger charge is -2.31. The third kappa shape index (κ3) is 7.98. The Morgan fingerprint density at radius 1 is 1.02 bits per heavy atom. The van der Waals surface area contributed by atoms with Crippen LogP contribution in [-0.2, 0) is 25.6 Å². The Kier molecular flexibility index (Phi) is 10.4. The molecule has 4 rings (SSSR count). The first-order chi connectivity index (χ1) is 20.1. The zero-order valence-corrected chi connectivity index (χ0v) is 25.7.